The van der Waals surface area contributed by atoms with Crippen LogP contribution < -0.4 is 9.47 Å². The van der Waals surface area contributed by atoms with Crippen LogP contribution in [-0.4, -0.2) is 6.01 Å². The van der Waals surface area contributed by atoms with Gasteiger partial charge in [0.25, 0.3) is 0 Å². The molecule has 3 aromatic rings. The summed E-state index contributed by atoms with van der Waals surface area (Å²) < 4.78 is 11.8. The summed E-state index contributed by atoms with van der Waals surface area (Å²) in [7, 11) is 0. The van der Waals surface area contributed by atoms with Gasteiger partial charge in [-0.1, -0.05) is 48.5 Å². The van der Waals surface area contributed by atoms with Crippen molar-refractivity contribution in [1.82, 2.24) is 0 Å². The molecule has 0 aromatic heterocycles. The molecule has 25 heavy (non-hydrogen) atoms. The summed E-state index contributed by atoms with van der Waals surface area (Å²) >= 11 is 0. The number of para-hydroxylation sites is 4. The zero-order valence-corrected chi connectivity index (χ0v) is 13.6. The first kappa shape index (κ1) is 15.2. The molecule has 0 unspecified atom stereocenters. The maximum Gasteiger partial charge on any atom is 0.146 e. The van der Waals surface area contributed by atoms with Crippen molar-refractivity contribution in [2.45, 2.75) is 13.2 Å². The molecule has 0 spiro atoms. The standard InChI is InChI=1S/C21H16N2O2/c1-3-7-20-18(5-1)22-15-23-19-6-2-4-8-21(19)25-14-17-11-9-16(10-12-17)13-24-20/h1-12H,13-14H2. The highest BCUT2D eigenvalue weighted by Crippen LogP contribution is 2.29. The predicted molar refractivity (Wildman–Crippen MR) is 97.2 cm³/mol. The van der Waals surface area contributed by atoms with Crippen LogP contribution in [0.4, 0.5) is 11.4 Å². The Hall–Kier alpha value is -3.36. The molecule has 2 bridgehead atoms. The Morgan fingerprint density at radius 2 is 1.04 bits per heavy atom. The van der Waals surface area contributed by atoms with Crippen LogP contribution in [0.25, 0.3) is 0 Å². The fraction of sp³-hybridized carbons (Fsp3) is 0.0952. The average Bonchev–Trinajstić information content (AvgIpc) is 2.67. The van der Waals surface area contributed by atoms with Crippen molar-refractivity contribution in [3.8, 4) is 11.5 Å². The molecular formula is C21H16N2O2. The molecule has 122 valence electrons. The zero-order valence-electron chi connectivity index (χ0n) is 13.6. The van der Waals surface area contributed by atoms with Crippen molar-refractivity contribution < 1.29 is 9.47 Å². The highest BCUT2D eigenvalue weighted by molar-refractivity contribution is 5.64. The number of rotatable bonds is 0. The van der Waals surface area contributed by atoms with Crippen LogP contribution in [0.3, 0.4) is 0 Å². The second-order valence-corrected chi connectivity index (χ2v) is 5.65. The molecule has 3 aromatic carbocycles. The molecule has 4 nitrogen and oxygen atoms in total. The largest absolute Gasteiger partial charge is 0.487 e. The van der Waals surface area contributed by atoms with E-state index in [2.05, 4.69) is 16.0 Å². The first-order chi connectivity index (χ1) is 12.4. The van der Waals surface area contributed by atoms with Crippen LogP contribution in [0.2, 0.25) is 0 Å². The van der Waals surface area contributed by atoms with Gasteiger partial charge in [-0.3, -0.25) is 0 Å². The van der Waals surface area contributed by atoms with Crippen LogP contribution >= 0.6 is 0 Å². The Kier molecular flexibility index (Phi) is 4.27. The van der Waals surface area contributed by atoms with E-state index in [9.17, 15) is 0 Å². The van der Waals surface area contributed by atoms with Crippen LogP contribution in [0.1, 0.15) is 11.1 Å². The Morgan fingerprint density at radius 1 is 0.600 bits per heavy atom. The summed E-state index contributed by atoms with van der Waals surface area (Å²) in [4.78, 5) is 8.62. The van der Waals surface area contributed by atoms with E-state index in [-0.39, 0.29) is 0 Å². The van der Waals surface area contributed by atoms with Gasteiger partial charge in [0.15, 0.2) is 0 Å². The highest BCUT2D eigenvalue weighted by atomic mass is 16.5. The number of hydrogen-bond donors (Lipinski definition) is 0. The molecule has 0 saturated heterocycles. The quantitative estimate of drug-likeness (QED) is 0.562. The lowest BCUT2D eigenvalue weighted by atomic mass is 10.1. The smallest absolute Gasteiger partial charge is 0.146 e. The van der Waals surface area contributed by atoms with E-state index in [1.807, 2.05) is 72.8 Å². The fourth-order valence-electron chi connectivity index (χ4n) is 2.53. The summed E-state index contributed by atoms with van der Waals surface area (Å²) in [6.07, 6.45) is 0. The SMILES string of the molecule is C1=Nc2ccccc2OCc2ccc(cc2)COc2ccccc2N=1. The molecule has 0 N–H and O–H groups in total. The summed E-state index contributed by atoms with van der Waals surface area (Å²) in [5, 5.41) is 0. The Balaban J connectivity index is 1.78. The summed E-state index contributed by atoms with van der Waals surface area (Å²) in [6.45, 7) is 0.954. The summed E-state index contributed by atoms with van der Waals surface area (Å²) in [6, 6.07) is 26.1. The van der Waals surface area contributed by atoms with E-state index < -0.39 is 0 Å². The van der Waals surface area contributed by atoms with E-state index in [0.29, 0.717) is 36.1 Å². The normalized spacial score (nSPS) is 13.0. The Morgan fingerprint density at radius 3 is 1.52 bits per heavy atom. The molecular weight excluding hydrogens is 312 g/mol. The minimum atomic E-state index is 0.477. The lowest BCUT2D eigenvalue weighted by Gasteiger charge is -2.10. The van der Waals surface area contributed by atoms with Gasteiger partial charge in [0.2, 0.25) is 0 Å². The third-order valence-corrected chi connectivity index (χ3v) is 3.88. The van der Waals surface area contributed by atoms with Gasteiger partial charge in [-0.05, 0) is 35.4 Å². The molecule has 0 saturated carbocycles. The van der Waals surface area contributed by atoms with Gasteiger partial charge < -0.3 is 9.47 Å². The molecule has 0 amide bonds. The van der Waals surface area contributed by atoms with E-state index >= 15 is 0 Å². The summed E-state index contributed by atoms with van der Waals surface area (Å²) in [5.74, 6) is 1.40. The Bertz CT molecular complexity index is 868. The maximum absolute atomic E-state index is 5.91. The second kappa shape index (κ2) is 7.04. The molecule has 0 fully saturated rings. The molecule has 4 heteroatoms. The topological polar surface area (TPSA) is 43.2 Å². The first-order valence-corrected chi connectivity index (χ1v) is 8.06. The fourth-order valence-corrected chi connectivity index (χ4v) is 2.53. The number of benzene rings is 3. The lowest BCUT2D eigenvalue weighted by molar-refractivity contribution is 0.304. The zero-order chi connectivity index (χ0) is 16.9. The van der Waals surface area contributed by atoms with E-state index in [1.165, 1.54) is 0 Å². The van der Waals surface area contributed by atoms with E-state index in [4.69, 9.17) is 9.47 Å². The van der Waals surface area contributed by atoms with Crippen molar-refractivity contribution in [3.63, 3.8) is 0 Å². The number of hydrogen-bond acceptors (Lipinski definition) is 4. The van der Waals surface area contributed by atoms with Gasteiger partial charge >= 0.3 is 0 Å². The maximum atomic E-state index is 5.91. The third kappa shape index (κ3) is 3.60. The van der Waals surface area contributed by atoms with Gasteiger partial charge in [0.05, 0.1) is 0 Å². The average molecular weight is 328 g/mol. The van der Waals surface area contributed by atoms with Crippen molar-refractivity contribution >= 4 is 17.4 Å². The highest BCUT2D eigenvalue weighted by Gasteiger charge is 2.05. The number of ether oxygens (including phenoxy) is 2. The van der Waals surface area contributed by atoms with Gasteiger partial charge in [0.1, 0.15) is 42.1 Å². The van der Waals surface area contributed by atoms with Gasteiger partial charge in [-0.25, -0.2) is 0 Å². The van der Waals surface area contributed by atoms with Crippen molar-refractivity contribution in [1.29, 1.82) is 0 Å². The van der Waals surface area contributed by atoms with E-state index in [0.717, 1.165) is 11.1 Å². The summed E-state index contributed by atoms with van der Waals surface area (Å²) in [5.41, 5.74) is 3.56. The first-order valence-electron chi connectivity index (χ1n) is 8.06. The minimum absolute atomic E-state index is 0.477. The van der Waals surface area contributed by atoms with Crippen molar-refractivity contribution in [2.24, 2.45) is 9.98 Å². The van der Waals surface area contributed by atoms with Crippen LogP contribution in [0, 0.1) is 0 Å². The molecule has 0 radical (unpaired) electrons. The molecule has 0 aliphatic carbocycles. The second-order valence-electron chi connectivity index (χ2n) is 5.65. The molecule has 5 rings (SSSR count). The third-order valence-electron chi connectivity index (χ3n) is 3.88. The van der Waals surface area contributed by atoms with Crippen LogP contribution in [0.15, 0.2) is 82.8 Å². The van der Waals surface area contributed by atoms with Crippen molar-refractivity contribution in [3.05, 3.63) is 83.9 Å². The molecule has 2 aliphatic rings. The Labute approximate surface area is 146 Å². The van der Waals surface area contributed by atoms with Gasteiger partial charge in [-0.2, -0.15) is 9.98 Å². The van der Waals surface area contributed by atoms with Crippen LogP contribution in [-0.2, 0) is 13.2 Å². The van der Waals surface area contributed by atoms with Crippen molar-refractivity contribution in [2.75, 3.05) is 0 Å². The van der Waals surface area contributed by atoms with Gasteiger partial charge in [-0.15, -0.1) is 0 Å². The number of nitrogens with zero attached hydrogens (tertiary/aromatic N) is 2. The molecule has 2 heterocycles. The number of aliphatic imine (C=N–C) groups is 2. The monoisotopic (exact) mass is 328 g/mol. The van der Waals surface area contributed by atoms with E-state index in [1.54, 1.807) is 0 Å². The van der Waals surface area contributed by atoms with Crippen LogP contribution in [0.5, 0.6) is 11.5 Å². The molecule has 2 aliphatic heterocycles. The lowest BCUT2D eigenvalue weighted by Crippen LogP contribution is -1.98. The van der Waals surface area contributed by atoms with Gasteiger partial charge in [0, 0.05) is 0 Å². The minimum Gasteiger partial charge on any atom is -0.487 e. The predicted octanol–water partition coefficient (Wildman–Crippen LogP) is 5.30. The molecule has 0 atom stereocenters. The number of fused-ring (bicyclic) bond motifs is 4.